The maximum absolute atomic E-state index is 6.33. The molecular weight excluding hydrogens is 525 g/mol. The highest BCUT2D eigenvalue weighted by molar-refractivity contribution is 6.62. The first kappa shape index (κ1) is 30.3. The fraction of sp³-hybridized carbons (Fsp3) is 0.231. The molecule has 1 aliphatic rings. The van der Waals surface area contributed by atoms with Crippen LogP contribution in [-0.4, -0.2) is 22.9 Å². The van der Waals surface area contributed by atoms with Crippen molar-refractivity contribution in [3.63, 3.8) is 0 Å². The lowest BCUT2D eigenvalue weighted by molar-refractivity contribution is 0.00578. The molecule has 2 heterocycles. The Bertz CT molecular complexity index is 1750. The maximum atomic E-state index is 6.33. The smallest absolute Gasteiger partial charge is 0.399 e. The van der Waals surface area contributed by atoms with E-state index in [0.717, 1.165) is 39.1 Å². The van der Waals surface area contributed by atoms with Gasteiger partial charge in [0.15, 0.2) is 0 Å². The molecular formula is C39H42BNO2. The third-order valence-electron chi connectivity index (χ3n) is 8.55. The average molecular weight is 568 g/mol. The molecule has 1 aromatic heterocycles. The van der Waals surface area contributed by atoms with Gasteiger partial charge in [-0.1, -0.05) is 105 Å². The molecule has 0 aliphatic carbocycles. The van der Waals surface area contributed by atoms with Gasteiger partial charge < -0.3 is 13.9 Å². The van der Waals surface area contributed by atoms with E-state index in [1.54, 1.807) is 0 Å². The Kier molecular flexibility index (Phi) is 8.64. The first-order chi connectivity index (χ1) is 20.7. The Hall–Kier alpha value is -4.12. The molecule has 0 radical (unpaired) electrons. The van der Waals surface area contributed by atoms with Crippen LogP contribution >= 0.6 is 0 Å². The Labute approximate surface area is 257 Å². The van der Waals surface area contributed by atoms with Crippen LogP contribution in [0.3, 0.4) is 0 Å². The molecule has 3 nitrogen and oxygen atoms in total. The molecule has 1 aliphatic heterocycles. The minimum atomic E-state index is -0.395. The van der Waals surface area contributed by atoms with Crippen molar-refractivity contribution >= 4 is 35.6 Å². The largest absolute Gasteiger partial charge is 0.494 e. The zero-order valence-electron chi connectivity index (χ0n) is 26.5. The van der Waals surface area contributed by atoms with E-state index in [4.69, 9.17) is 9.31 Å². The average Bonchev–Trinajstić information content (AvgIpc) is 3.46. The fourth-order valence-corrected chi connectivity index (χ4v) is 5.61. The van der Waals surface area contributed by atoms with Gasteiger partial charge >= 0.3 is 7.12 Å². The SMILES string of the molecule is C=Cc1c(/C=C\C)n(-c2ccc(-c3ccccc3)cc2)c2ccc(-c3cccc(B4OC(C)(C)C(C)(C)O4)c3)cc12.CC. The third kappa shape index (κ3) is 5.65. The summed E-state index contributed by atoms with van der Waals surface area (Å²) in [5, 5.41) is 1.17. The predicted octanol–water partition coefficient (Wildman–Crippen LogP) is 9.97. The van der Waals surface area contributed by atoms with Gasteiger partial charge in [-0.2, -0.15) is 0 Å². The predicted molar refractivity (Wildman–Crippen MR) is 186 cm³/mol. The molecule has 0 atom stereocenters. The lowest BCUT2D eigenvalue weighted by atomic mass is 9.78. The van der Waals surface area contributed by atoms with Gasteiger partial charge in [-0.05, 0) is 92.7 Å². The quantitative estimate of drug-likeness (QED) is 0.191. The molecule has 1 saturated heterocycles. The van der Waals surface area contributed by atoms with E-state index in [1.807, 2.05) is 26.0 Å². The van der Waals surface area contributed by atoms with Crippen LogP contribution in [0.2, 0.25) is 0 Å². The van der Waals surface area contributed by atoms with Crippen molar-refractivity contribution in [2.75, 3.05) is 0 Å². The van der Waals surface area contributed by atoms with E-state index in [2.05, 4.69) is 149 Å². The number of rotatable bonds is 6. The molecule has 0 unspecified atom stereocenters. The maximum Gasteiger partial charge on any atom is 0.494 e. The topological polar surface area (TPSA) is 23.4 Å². The van der Waals surface area contributed by atoms with Crippen LogP contribution in [0.15, 0.2) is 110 Å². The van der Waals surface area contributed by atoms with E-state index < -0.39 is 7.12 Å². The van der Waals surface area contributed by atoms with Crippen LogP contribution in [0.1, 0.15) is 59.7 Å². The molecule has 0 spiro atoms. The van der Waals surface area contributed by atoms with Gasteiger partial charge in [-0.25, -0.2) is 0 Å². The van der Waals surface area contributed by atoms with Gasteiger partial charge in [0.05, 0.1) is 22.4 Å². The Morgan fingerprint density at radius 2 is 1.28 bits per heavy atom. The Balaban J connectivity index is 0.00000180. The zero-order valence-corrected chi connectivity index (χ0v) is 26.5. The Morgan fingerprint density at radius 1 is 0.698 bits per heavy atom. The Morgan fingerprint density at radius 3 is 1.91 bits per heavy atom. The van der Waals surface area contributed by atoms with Gasteiger partial charge in [0.1, 0.15) is 0 Å². The molecule has 218 valence electrons. The van der Waals surface area contributed by atoms with Crippen LogP contribution < -0.4 is 5.46 Å². The van der Waals surface area contributed by atoms with Gasteiger partial charge in [-0.15, -0.1) is 0 Å². The van der Waals surface area contributed by atoms with E-state index in [-0.39, 0.29) is 11.2 Å². The van der Waals surface area contributed by atoms with Crippen molar-refractivity contribution in [3.05, 3.63) is 121 Å². The van der Waals surface area contributed by atoms with Crippen molar-refractivity contribution in [1.29, 1.82) is 0 Å². The summed E-state index contributed by atoms with van der Waals surface area (Å²) in [5.41, 5.74) is 9.45. The lowest BCUT2D eigenvalue weighted by Crippen LogP contribution is -2.41. The second-order valence-corrected chi connectivity index (χ2v) is 11.7. The summed E-state index contributed by atoms with van der Waals surface area (Å²) in [6, 6.07) is 34.5. The van der Waals surface area contributed by atoms with Gasteiger partial charge in [-0.3, -0.25) is 0 Å². The van der Waals surface area contributed by atoms with Crippen LogP contribution in [0.5, 0.6) is 0 Å². The highest BCUT2D eigenvalue weighted by Crippen LogP contribution is 2.38. The number of allylic oxidation sites excluding steroid dienone is 1. The summed E-state index contributed by atoms with van der Waals surface area (Å²) in [6.07, 6.45) is 6.22. The molecule has 5 aromatic rings. The minimum absolute atomic E-state index is 0.378. The van der Waals surface area contributed by atoms with Crippen LogP contribution in [0, 0.1) is 0 Å². The second-order valence-electron chi connectivity index (χ2n) is 11.7. The summed E-state index contributed by atoms with van der Waals surface area (Å²) >= 11 is 0. The summed E-state index contributed by atoms with van der Waals surface area (Å²) in [4.78, 5) is 0. The van der Waals surface area contributed by atoms with Gasteiger partial charge in [0, 0.05) is 16.6 Å². The third-order valence-corrected chi connectivity index (χ3v) is 8.55. The van der Waals surface area contributed by atoms with Crippen molar-refractivity contribution in [3.8, 4) is 27.9 Å². The van der Waals surface area contributed by atoms with E-state index >= 15 is 0 Å². The van der Waals surface area contributed by atoms with Crippen molar-refractivity contribution in [2.45, 2.75) is 59.7 Å². The number of nitrogens with zero attached hydrogens (tertiary/aromatic N) is 1. The van der Waals surface area contributed by atoms with Crippen LogP contribution in [0.25, 0.3) is 51.0 Å². The molecule has 0 bridgehead atoms. The van der Waals surface area contributed by atoms with E-state index in [1.165, 1.54) is 16.5 Å². The normalized spacial score (nSPS) is 15.5. The number of benzene rings is 4. The van der Waals surface area contributed by atoms with Crippen LogP contribution in [0.4, 0.5) is 0 Å². The van der Waals surface area contributed by atoms with Crippen molar-refractivity contribution in [1.82, 2.24) is 4.57 Å². The number of hydrogen-bond donors (Lipinski definition) is 0. The zero-order chi connectivity index (χ0) is 30.8. The molecule has 43 heavy (non-hydrogen) atoms. The fourth-order valence-electron chi connectivity index (χ4n) is 5.61. The molecule has 0 N–H and O–H groups in total. The summed E-state index contributed by atoms with van der Waals surface area (Å²) < 4.78 is 15.0. The van der Waals surface area contributed by atoms with Gasteiger partial charge in [0.2, 0.25) is 0 Å². The second kappa shape index (κ2) is 12.2. The monoisotopic (exact) mass is 567 g/mol. The van der Waals surface area contributed by atoms with E-state index in [0.29, 0.717) is 0 Å². The molecule has 4 aromatic carbocycles. The highest BCUT2D eigenvalue weighted by atomic mass is 16.7. The summed E-state index contributed by atoms with van der Waals surface area (Å²) in [7, 11) is -0.395. The standard InChI is InChI=1S/C37H36BNO2.C2H6/c1-7-13-34-32(8-2)33-25-29(28-16-12-17-30(24-28)38-40-36(3,4)37(5,6)41-38)20-23-35(33)39(34)31-21-18-27(19-22-31)26-14-10-9-11-15-26;1-2/h7-25H,2H2,1,3-6H3;1-2H3/b13-7-;. The van der Waals surface area contributed by atoms with Crippen molar-refractivity contribution in [2.24, 2.45) is 0 Å². The number of fused-ring (bicyclic) bond motifs is 1. The molecule has 6 rings (SSSR count). The molecule has 4 heteroatoms. The number of hydrogen-bond acceptors (Lipinski definition) is 2. The molecule has 1 fully saturated rings. The van der Waals surface area contributed by atoms with Crippen molar-refractivity contribution < 1.29 is 9.31 Å². The molecule has 0 saturated carbocycles. The van der Waals surface area contributed by atoms with E-state index in [9.17, 15) is 0 Å². The first-order valence-electron chi connectivity index (χ1n) is 15.3. The highest BCUT2D eigenvalue weighted by Gasteiger charge is 2.51. The van der Waals surface area contributed by atoms with Gasteiger partial charge in [0.25, 0.3) is 0 Å². The van der Waals surface area contributed by atoms with Crippen LogP contribution in [-0.2, 0) is 9.31 Å². The minimum Gasteiger partial charge on any atom is -0.399 e. The molecule has 0 amide bonds. The number of aromatic nitrogens is 1. The summed E-state index contributed by atoms with van der Waals surface area (Å²) in [6.45, 7) is 18.6. The summed E-state index contributed by atoms with van der Waals surface area (Å²) in [5.74, 6) is 0. The lowest BCUT2D eigenvalue weighted by Gasteiger charge is -2.32. The first-order valence-corrected chi connectivity index (χ1v) is 15.3.